The molecule has 1 aromatic carbocycles. The smallest absolute Gasteiger partial charge is 0.233 e. The second-order valence-electron chi connectivity index (χ2n) is 9.20. The molecule has 2 aliphatic heterocycles. The summed E-state index contributed by atoms with van der Waals surface area (Å²) in [4.78, 5) is 15.3. The van der Waals surface area contributed by atoms with Gasteiger partial charge in [-0.05, 0) is 70.2 Å². The van der Waals surface area contributed by atoms with Crippen molar-refractivity contribution >= 4 is 11.6 Å². The molecule has 162 valence electrons. The first-order valence-electron chi connectivity index (χ1n) is 10.9. The monoisotopic (exact) mass is 412 g/mol. The summed E-state index contributed by atoms with van der Waals surface area (Å²) in [6, 6.07) is 7.33. The van der Waals surface area contributed by atoms with Crippen LogP contribution in [-0.2, 0) is 4.79 Å². The summed E-state index contributed by atoms with van der Waals surface area (Å²) in [7, 11) is 1.84. The molecule has 7 nitrogen and oxygen atoms in total. The lowest BCUT2D eigenvalue weighted by molar-refractivity contribution is -0.133. The number of hydrogen-bond donors (Lipinski definition) is 1. The number of hydrogen-bond acceptors (Lipinski definition) is 6. The fourth-order valence-electron chi connectivity index (χ4n) is 5.29. The summed E-state index contributed by atoms with van der Waals surface area (Å²) < 4.78 is 5.71. The van der Waals surface area contributed by atoms with Crippen molar-refractivity contribution in [1.29, 1.82) is 0 Å². The predicted molar refractivity (Wildman–Crippen MR) is 115 cm³/mol. The summed E-state index contributed by atoms with van der Waals surface area (Å²) in [5.41, 5.74) is -0.381. The maximum Gasteiger partial charge on any atom is 0.233 e. The minimum atomic E-state index is -0.911. The normalized spacial score (nSPS) is 33.7. The molecular weight excluding hydrogens is 380 g/mol. The van der Waals surface area contributed by atoms with Gasteiger partial charge in [0.15, 0.2) is 0 Å². The molecule has 0 bridgehead atoms. The summed E-state index contributed by atoms with van der Waals surface area (Å²) in [6.07, 6.45) is 5.19. The standard InChI is InChI=1S/C23H32N4O3/c1-5-19-20(26(4)25-24-19)23(29)12-10-22(11-13-23)14-15-27(21(22)28)17-6-8-18(9-7-17)30-16(2)3/h5-9,16,19-20,29H,1,10-15H2,2-4H3/t19?,20?,22-,23+. The van der Waals surface area contributed by atoms with Crippen LogP contribution in [0.4, 0.5) is 5.69 Å². The highest BCUT2D eigenvalue weighted by molar-refractivity contribution is 6.00. The summed E-state index contributed by atoms with van der Waals surface area (Å²) in [5.74, 6) is 0.989. The number of likely N-dealkylation sites (N-methyl/N-ethyl adjacent to an activating group) is 1. The van der Waals surface area contributed by atoms with E-state index in [0.29, 0.717) is 32.2 Å². The molecule has 7 heteroatoms. The average Bonchev–Trinajstić information content (AvgIpc) is 3.26. The van der Waals surface area contributed by atoms with Gasteiger partial charge in [0.25, 0.3) is 0 Å². The van der Waals surface area contributed by atoms with E-state index >= 15 is 0 Å². The van der Waals surface area contributed by atoms with Gasteiger partial charge in [-0.15, -0.1) is 6.58 Å². The van der Waals surface area contributed by atoms with Crippen LogP contribution in [0, 0.1) is 5.41 Å². The van der Waals surface area contributed by atoms with Crippen LogP contribution in [0.25, 0.3) is 0 Å². The highest BCUT2D eigenvalue weighted by Crippen LogP contribution is 2.50. The Balaban J connectivity index is 1.45. The number of benzene rings is 1. The van der Waals surface area contributed by atoms with E-state index < -0.39 is 5.60 Å². The molecule has 2 fully saturated rings. The molecule has 1 saturated heterocycles. The number of ether oxygens (including phenoxy) is 1. The van der Waals surface area contributed by atoms with Gasteiger partial charge in [0, 0.05) is 19.3 Å². The minimum absolute atomic E-state index is 0.119. The zero-order valence-corrected chi connectivity index (χ0v) is 18.1. The van der Waals surface area contributed by atoms with Crippen LogP contribution >= 0.6 is 0 Å². The highest BCUT2D eigenvalue weighted by Gasteiger charge is 2.55. The molecule has 30 heavy (non-hydrogen) atoms. The highest BCUT2D eigenvalue weighted by atomic mass is 16.5. The molecule has 2 atom stereocenters. The Morgan fingerprint density at radius 2 is 1.87 bits per heavy atom. The van der Waals surface area contributed by atoms with Crippen molar-refractivity contribution in [2.24, 2.45) is 15.8 Å². The predicted octanol–water partition coefficient (Wildman–Crippen LogP) is 3.74. The molecule has 1 spiro atoms. The van der Waals surface area contributed by atoms with Crippen molar-refractivity contribution in [3.63, 3.8) is 0 Å². The lowest BCUT2D eigenvalue weighted by atomic mass is 9.65. The number of aliphatic hydroxyl groups is 1. The van der Waals surface area contributed by atoms with Crippen LogP contribution in [0.2, 0.25) is 0 Å². The maximum absolute atomic E-state index is 13.4. The number of amides is 1. The van der Waals surface area contributed by atoms with Crippen LogP contribution in [0.1, 0.15) is 46.0 Å². The van der Waals surface area contributed by atoms with Gasteiger partial charge in [-0.25, -0.2) is 0 Å². The van der Waals surface area contributed by atoms with E-state index in [9.17, 15) is 9.90 Å². The van der Waals surface area contributed by atoms with E-state index in [1.54, 1.807) is 11.1 Å². The first-order chi connectivity index (χ1) is 14.3. The summed E-state index contributed by atoms with van der Waals surface area (Å²) in [5, 5.41) is 21.5. The SMILES string of the molecule is C=CC1N=NN(C)C1[C@]1(O)CC[C@]2(CCN(c3ccc(OC(C)C)cc3)C2=O)CC1. The molecule has 3 aliphatic rings. The van der Waals surface area contributed by atoms with Crippen molar-refractivity contribution < 1.29 is 14.6 Å². The molecule has 4 rings (SSSR count). The quantitative estimate of drug-likeness (QED) is 0.748. The van der Waals surface area contributed by atoms with Crippen molar-refractivity contribution in [2.75, 3.05) is 18.5 Å². The van der Waals surface area contributed by atoms with E-state index in [1.807, 2.05) is 50.1 Å². The Kier molecular flexibility index (Phi) is 5.34. The van der Waals surface area contributed by atoms with E-state index in [2.05, 4.69) is 16.9 Å². The Morgan fingerprint density at radius 3 is 2.47 bits per heavy atom. The first kappa shape index (κ1) is 20.8. The largest absolute Gasteiger partial charge is 0.491 e. The molecule has 2 unspecified atom stereocenters. The molecule has 1 aliphatic carbocycles. The molecule has 1 aromatic rings. The average molecular weight is 413 g/mol. The van der Waals surface area contributed by atoms with Crippen LogP contribution in [0.3, 0.4) is 0 Å². The number of rotatable bonds is 5. The zero-order chi connectivity index (χ0) is 21.5. The second-order valence-corrected chi connectivity index (χ2v) is 9.20. The first-order valence-corrected chi connectivity index (χ1v) is 10.9. The molecule has 0 radical (unpaired) electrons. The Hall–Kier alpha value is -2.41. The van der Waals surface area contributed by atoms with Crippen molar-refractivity contribution in [3.8, 4) is 5.75 Å². The Labute approximate surface area is 178 Å². The minimum Gasteiger partial charge on any atom is -0.491 e. The molecule has 1 amide bonds. The lowest BCUT2D eigenvalue weighted by Crippen LogP contribution is -2.56. The maximum atomic E-state index is 13.4. The van der Waals surface area contributed by atoms with Gasteiger partial charge in [0.1, 0.15) is 17.8 Å². The van der Waals surface area contributed by atoms with Gasteiger partial charge < -0.3 is 14.7 Å². The van der Waals surface area contributed by atoms with E-state index in [-0.39, 0.29) is 29.5 Å². The van der Waals surface area contributed by atoms with Gasteiger partial charge in [0.2, 0.25) is 5.91 Å². The number of anilines is 1. The van der Waals surface area contributed by atoms with E-state index in [1.165, 1.54) is 0 Å². The van der Waals surface area contributed by atoms with Crippen molar-refractivity contribution in [3.05, 3.63) is 36.9 Å². The van der Waals surface area contributed by atoms with Crippen molar-refractivity contribution in [1.82, 2.24) is 5.01 Å². The van der Waals surface area contributed by atoms with E-state index in [4.69, 9.17) is 4.74 Å². The van der Waals surface area contributed by atoms with Crippen LogP contribution in [-0.4, -0.2) is 53.4 Å². The van der Waals surface area contributed by atoms with Gasteiger partial charge in [0.05, 0.1) is 17.1 Å². The topological polar surface area (TPSA) is 77.7 Å². The van der Waals surface area contributed by atoms with Gasteiger partial charge in [-0.2, -0.15) is 5.11 Å². The number of carbonyl (C=O) groups is 1. The van der Waals surface area contributed by atoms with Crippen molar-refractivity contribution in [2.45, 2.75) is 69.7 Å². The van der Waals surface area contributed by atoms with Crippen LogP contribution in [0.15, 0.2) is 47.3 Å². The second kappa shape index (κ2) is 7.69. The number of nitrogens with zero attached hydrogens (tertiary/aromatic N) is 4. The molecule has 0 aromatic heterocycles. The molecule has 2 heterocycles. The summed E-state index contributed by atoms with van der Waals surface area (Å²) in [6.45, 7) is 8.54. The third-order valence-corrected chi connectivity index (χ3v) is 6.95. The lowest BCUT2D eigenvalue weighted by Gasteiger charge is -2.45. The molecular formula is C23H32N4O3. The Morgan fingerprint density at radius 1 is 1.20 bits per heavy atom. The Bertz CT molecular complexity index is 827. The molecule has 1 saturated carbocycles. The van der Waals surface area contributed by atoms with Gasteiger partial charge in [-0.3, -0.25) is 9.80 Å². The van der Waals surface area contributed by atoms with Crippen LogP contribution in [0.5, 0.6) is 5.75 Å². The summed E-state index contributed by atoms with van der Waals surface area (Å²) >= 11 is 0. The fourth-order valence-corrected chi connectivity index (χ4v) is 5.29. The van der Waals surface area contributed by atoms with E-state index in [0.717, 1.165) is 17.9 Å². The number of carbonyl (C=O) groups excluding carboxylic acids is 1. The fraction of sp³-hybridized carbons (Fsp3) is 0.609. The van der Waals surface area contributed by atoms with Crippen LogP contribution < -0.4 is 9.64 Å². The third-order valence-electron chi connectivity index (χ3n) is 6.95. The third kappa shape index (κ3) is 3.49. The zero-order valence-electron chi connectivity index (χ0n) is 18.1. The van der Waals surface area contributed by atoms with Gasteiger partial charge in [-0.1, -0.05) is 11.3 Å². The molecule has 1 N–H and O–H groups in total. The van der Waals surface area contributed by atoms with Gasteiger partial charge >= 0.3 is 0 Å².